The van der Waals surface area contributed by atoms with Crippen molar-refractivity contribution in [2.75, 3.05) is 6.61 Å². The van der Waals surface area contributed by atoms with E-state index in [1.54, 1.807) is 43.5 Å². The molecule has 2 heterocycles. The Morgan fingerprint density at radius 1 is 1.35 bits per heavy atom. The Labute approximate surface area is 161 Å². The largest absolute Gasteiger partial charge is 0.493 e. The summed E-state index contributed by atoms with van der Waals surface area (Å²) < 4.78 is 44.9. The fourth-order valence-electron chi connectivity index (χ4n) is 2.53. The zero-order valence-corrected chi connectivity index (χ0v) is 15.1. The number of ether oxygens (including phenoxy) is 1. The summed E-state index contributed by atoms with van der Waals surface area (Å²) in [6.07, 6.45) is 1.25. The molecule has 26 heavy (non-hydrogen) atoms. The average molecular weight is 382 g/mol. The van der Waals surface area contributed by atoms with E-state index in [2.05, 4.69) is 4.98 Å². The molecule has 2 atom stereocenters. The number of hydrogen-bond donors (Lipinski definition) is 2. The number of hydrogen-bond acceptors (Lipinski definition) is 5. The highest BCUT2D eigenvalue weighted by molar-refractivity contribution is 8.15. The Kier molecular flexibility index (Phi) is 4.13. The van der Waals surface area contributed by atoms with E-state index in [1.165, 1.54) is 0 Å². The number of carbonyl (C=O) groups excluding carboxylic acids is 2. The molecule has 2 N–H and O–H groups in total. The van der Waals surface area contributed by atoms with Gasteiger partial charge in [0, 0.05) is 18.3 Å². The van der Waals surface area contributed by atoms with Crippen LogP contribution in [0.25, 0.3) is 0 Å². The number of amides is 2. The second-order valence-electron chi connectivity index (χ2n) is 6.03. The van der Waals surface area contributed by atoms with Gasteiger partial charge in [-0.3, -0.25) is 19.9 Å². The normalized spacial score (nSPS) is 29.5. The molecule has 140 valence electrons. The van der Waals surface area contributed by atoms with Crippen LogP contribution in [0.2, 0.25) is 1.41 Å². The lowest BCUT2D eigenvalue weighted by Gasteiger charge is -2.10. The van der Waals surface area contributed by atoms with Crippen LogP contribution in [0, 0.1) is 0 Å². The van der Waals surface area contributed by atoms with Crippen molar-refractivity contribution in [1.82, 2.24) is 10.3 Å². The number of carbonyl (C=O) groups is 2. The first-order valence-electron chi connectivity index (χ1n) is 10.4. The third kappa shape index (κ3) is 4.83. The van der Waals surface area contributed by atoms with Crippen LogP contribution < -0.4 is 10.0 Å². The van der Waals surface area contributed by atoms with E-state index in [9.17, 15) is 14.7 Å². The molecule has 0 spiro atoms. The fourth-order valence-corrected chi connectivity index (χ4v) is 3.35. The van der Waals surface area contributed by atoms with E-state index < -0.39 is 33.9 Å². The summed E-state index contributed by atoms with van der Waals surface area (Å²) in [5.41, 5.74) is 1.98. The number of aliphatic hydroxyl groups is 1. The Bertz CT molecular complexity index is 1010. The van der Waals surface area contributed by atoms with Gasteiger partial charge in [0.15, 0.2) is 1.41 Å². The highest BCUT2D eigenvalue weighted by atomic mass is 32.2. The zero-order chi connectivity index (χ0) is 23.1. The van der Waals surface area contributed by atoms with E-state index in [0.29, 0.717) is 24.3 Å². The summed E-state index contributed by atoms with van der Waals surface area (Å²) in [5, 5.41) is 5.75. The molecule has 1 aromatic carbocycles. The first-order valence-corrected chi connectivity index (χ1v) is 9.20. The van der Waals surface area contributed by atoms with Gasteiger partial charge in [-0.25, -0.2) is 11.4 Å². The molecule has 1 saturated heterocycles. The molecule has 1 fully saturated rings. The summed E-state index contributed by atoms with van der Waals surface area (Å²) in [6, 6.07) is 9.98. The van der Waals surface area contributed by atoms with Crippen LogP contribution >= 0.6 is 11.4 Å². The molecule has 0 bridgehead atoms. The van der Waals surface area contributed by atoms with Crippen LogP contribution in [-0.4, -0.2) is 37.6 Å². The summed E-state index contributed by atoms with van der Waals surface area (Å²) in [6.45, 7) is 2.01. The number of nitrogens with one attached hydrogen (secondary N) is 1. The van der Waals surface area contributed by atoms with Crippen molar-refractivity contribution in [3.8, 4) is 5.75 Å². The maximum atomic E-state index is 12.2. The van der Waals surface area contributed by atoms with E-state index in [4.69, 9.17) is 10.6 Å². The average Bonchev–Trinajstić information content (AvgIpc) is 2.80. The molecule has 1 aliphatic rings. The number of pyridine rings is 1. The van der Waals surface area contributed by atoms with Gasteiger partial charge in [-0.15, -0.1) is 0 Å². The molecule has 7 heteroatoms. The quantitative estimate of drug-likeness (QED) is 0.760. The van der Waals surface area contributed by atoms with Crippen molar-refractivity contribution >= 4 is 22.5 Å². The van der Waals surface area contributed by atoms with Crippen LogP contribution in [0.3, 0.4) is 0 Å². The van der Waals surface area contributed by atoms with Crippen molar-refractivity contribution in [2.45, 2.75) is 31.1 Å². The number of imide groups is 1. The molecular weight excluding hydrogens is 352 g/mol. The fraction of sp³-hybridized carbons (Fsp3) is 0.316. The van der Waals surface area contributed by atoms with Crippen LogP contribution in [0.1, 0.15) is 29.8 Å². The second-order valence-corrected chi connectivity index (χ2v) is 7.18. The third-order valence-corrected chi connectivity index (χ3v) is 4.97. The molecular formula is C19H24N2O4S. The Hall–Kier alpha value is -2.38. The van der Waals surface area contributed by atoms with Crippen molar-refractivity contribution in [2.24, 2.45) is 0 Å². The van der Waals surface area contributed by atoms with Crippen LogP contribution in [0.4, 0.5) is 4.79 Å². The number of aromatic nitrogens is 1. The van der Waals surface area contributed by atoms with Gasteiger partial charge in [-0.2, -0.15) is 0 Å². The monoisotopic (exact) mass is 381 g/mol. The minimum absolute atomic E-state index is 0.189. The number of nitrogens with zero attached hydrogens (tertiary/aromatic N) is 1. The Morgan fingerprint density at radius 2 is 2.12 bits per heavy atom. The van der Waals surface area contributed by atoms with Crippen molar-refractivity contribution in [3.05, 3.63) is 59.4 Å². The predicted molar refractivity (Wildman–Crippen MR) is 105 cm³/mol. The SMILES string of the molecule is [2H]N1C(=O)C(Cc2ccc(OCCc3ccc(C(C)O)cn3)cc2)S([2H])([2H])([2H])([2H])C1=O. The number of benzene rings is 1. The van der Waals surface area contributed by atoms with Gasteiger partial charge < -0.3 is 9.84 Å². The minimum Gasteiger partial charge on any atom is -0.493 e. The lowest BCUT2D eigenvalue weighted by Crippen LogP contribution is -2.25. The molecule has 2 unspecified atom stereocenters. The van der Waals surface area contributed by atoms with Gasteiger partial charge in [0.1, 0.15) is 5.75 Å². The number of aliphatic hydroxyl groups excluding tert-OH is 1. The molecule has 1 aromatic heterocycles. The van der Waals surface area contributed by atoms with E-state index in [1.807, 2.05) is 6.07 Å². The minimum atomic E-state index is -6.40. The highest BCUT2D eigenvalue weighted by Crippen LogP contribution is 2.24. The predicted octanol–water partition coefficient (Wildman–Crippen LogP) is 1.58. The summed E-state index contributed by atoms with van der Waals surface area (Å²) in [7, 11) is 0. The van der Waals surface area contributed by atoms with E-state index in [-0.39, 0.29) is 11.7 Å². The Balaban J connectivity index is 1.62. The molecule has 2 amide bonds. The van der Waals surface area contributed by atoms with Gasteiger partial charge in [0.2, 0.25) is 11.1 Å². The first kappa shape index (κ1) is 12.9. The smallest absolute Gasteiger partial charge is 0.247 e. The third-order valence-electron chi connectivity index (χ3n) is 4.02. The molecule has 3 rings (SSSR count). The van der Waals surface area contributed by atoms with Crippen molar-refractivity contribution in [3.63, 3.8) is 0 Å². The zero-order valence-electron chi connectivity index (χ0n) is 19.3. The maximum absolute atomic E-state index is 12.2. The lowest BCUT2D eigenvalue weighted by molar-refractivity contribution is -0.118. The molecule has 0 aliphatic carbocycles. The van der Waals surface area contributed by atoms with E-state index >= 15 is 0 Å². The topological polar surface area (TPSA) is 88.5 Å². The molecule has 0 radical (unpaired) electrons. The van der Waals surface area contributed by atoms with E-state index in [0.717, 1.165) is 11.3 Å². The van der Waals surface area contributed by atoms with Crippen LogP contribution in [0.5, 0.6) is 5.75 Å². The lowest BCUT2D eigenvalue weighted by atomic mass is 10.1. The van der Waals surface area contributed by atoms with Crippen molar-refractivity contribution in [1.29, 1.82) is 4.50 Å². The highest BCUT2D eigenvalue weighted by Gasteiger charge is 2.27. The molecule has 2 aromatic rings. The maximum Gasteiger partial charge on any atom is 0.247 e. The first-order chi connectivity index (χ1) is 14.2. The van der Waals surface area contributed by atoms with Crippen LogP contribution in [-0.2, 0) is 17.6 Å². The molecule has 6 nitrogen and oxygen atoms in total. The summed E-state index contributed by atoms with van der Waals surface area (Å²) >= 11 is -6.40. The van der Waals surface area contributed by atoms with Crippen LogP contribution in [0.15, 0.2) is 42.6 Å². The number of rotatable bonds is 7. The van der Waals surface area contributed by atoms with Gasteiger partial charge in [-0.05, 0) is 42.7 Å². The second kappa shape index (κ2) is 8.33. The van der Waals surface area contributed by atoms with Gasteiger partial charge >= 0.3 is 0 Å². The molecule has 1 aliphatic heterocycles. The summed E-state index contributed by atoms with van der Waals surface area (Å²) in [5.74, 6) is -0.643. The molecule has 0 saturated carbocycles. The standard InChI is InChI=1S/C19H24N2O4S/c1-12(22)14-4-5-15(20-11-14)8-9-25-16-6-2-13(3-7-16)10-17-18(23)21-19(24)26-17/h2-7,11-12,17,22H,8-10H2,1H3,26H4,(H,21,23,24)/i26D4/hD. The van der Waals surface area contributed by atoms with Gasteiger partial charge in [0.25, 0.3) is 0 Å². The van der Waals surface area contributed by atoms with Gasteiger partial charge in [-0.1, -0.05) is 18.2 Å². The Morgan fingerprint density at radius 3 is 2.69 bits per heavy atom. The van der Waals surface area contributed by atoms with Crippen molar-refractivity contribution < 1.29 is 20.8 Å². The summed E-state index contributed by atoms with van der Waals surface area (Å²) in [4.78, 5) is 28.4. The van der Waals surface area contributed by atoms with Gasteiger partial charge in [0.05, 0.1) is 22.5 Å².